The highest BCUT2D eigenvalue weighted by atomic mass is 32.1. The van der Waals surface area contributed by atoms with Crippen LogP contribution in [-0.4, -0.2) is 47.9 Å². The van der Waals surface area contributed by atoms with Crippen LogP contribution in [0.1, 0.15) is 47.1 Å². The molecule has 2 amide bonds. The zero-order valence-electron chi connectivity index (χ0n) is 20.5. The van der Waals surface area contributed by atoms with E-state index in [0.29, 0.717) is 18.8 Å². The Morgan fingerprint density at radius 1 is 1.14 bits per heavy atom. The Labute approximate surface area is 214 Å². The van der Waals surface area contributed by atoms with E-state index in [9.17, 15) is 18.4 Å². The molecule has 1 aliphatic heterocycles. The molecular weight excluding hydrogens is 482 g/mol. The van der Waals surface area contributed by atoms with Crippen molar-refractivity contribution in [2.75, 3.05) is 26.2 Å². The number of hydrogen-bond donors (Lipinski definition) is 0. The molecule has 3 aromatic rings. The van der Waals surface area contributed by atoms with Gasteiger partial charge in [-0.2, -0.15) is 0 Å². The lowest BCUT2D eigenvalue weighted by molar-refractivity contribution is -0.135. The smallest absolute Gasteiger partial charge is 0.254 e. The molecular formula is C28H30F2N2O3S. The molecule has 2 aromatic carbocycles. The van der Waals surface area contributed by atoms with Gasteiger partial charge in [-0.15, -0.1) is 11.3 Å². The molecule has 8 heteroatoms. The second-order valence-electron chi connectivity index (χ2n) is 9.13. The lowest BCUT2D eigenvalue weighted by Crippen LogP contribution is -2.48. The van der Waals surface area contributed by atoms with Gasteiger partial charge in [-0.1, -0.05) is 26.3 Å². The van der Waals surface area contributed by atoms with Crippen molar-refractivity contribution >= 4 is 23.2 Å². The Bertz CT molecular complexity index is 1200. The Morgan fingerprint density at radius 3 is 2.64 bits per heavy atom. The number of halogens is 2. The molecule has 4 rings (SSSR count). The molecule has 1 aliphatic rings. The number of nitrogens with zero attached hydrogens (tertiary/aromatic N) is 2. The molecule has 0 unspecified atom stereocenters. The summed E-state index contributed by atoms with van der Waals surface area (Å²) < 4.78 is 33.0. The highest BCUT2D eigenvalue weighted by molar-refractivity contribution is 7.10. The van der Waals surface area contributed by atoms with E-state index in [1.807, 2.05) is 25.3 Å². The van der Waals surface area contributed by atoms with E-state index in [1.165, 1.54) is 40.1 Å². The van der Waals surface area contributed by atoms with Crippen molar-refractivity contribution < 1.29 is 23.1 Å². The zero-order valence-corrected chi connectivity index (χ0v) is 21.3. The summed E-state index contributed by atoms with van der Waals surface area (Å²) in [6.45, 7) is 5.06. The first kappa shape index (κ1) is 25.8. The minimum absolute atomic E-state index is 0.105. The molecule has 0 radical (unpaired) electrons. The molecule has 0 spiro atoms. The monoisotopic (exact) mass is 512 g/mol. The van der Waals surface area contributed by atoms with E-state index >= 15 is 0 Å². The van der Waals surface area contributed by atoms with E-state index < -0.39 is 5.82 Å². The van der Waals surface area contributed by atoms with E-state index in [1.54, 1.807) is 34.4 Å². The van der Waals surface area contributed by atoms with Gasteiger partial charge in [-0.05, 0) is 71.8 Å². The lowest BCUT2D eigenvalue weighted by Gasteiger charge is -2.37. The topological polar surface area (TPSA) is 49.9 Å². The third kappa shape index (κ3) is 6.10. The quantitative estimate of drug-likeness (QED) is 0.369. The second-order valence-corrected chi connectivity index (χ2v) is 10.1. The predicted octanol–water partition coefficient (Wildman–Crippen LogP) is 5.72. The van der Waals surface area contributed by atoms with Crippen molar-refractivity contribution in [3.05, 3.63) is 87.6 Å². The molecule has 0 N–H and O–H groups in total. The second kappa shape index (κ2) is 11.6. The largest absolute Gasteiger partial charge is 0.491 e. The maximum Gasteiger partial charge on any atom is 0.254 e. The van der Waals surface area contributed by atoms with Gasteiger partial charge >= 0.3 is 0 Å². The van der Waals surface area contributed by atoms with E-state index in [-0.39, 0.29) is 48.3 Å². The van der Waals surface area contributed by atoms with Gasteiger partial charge in [0.05, 0.1) is 6.04 Å². The number of thiophene rings is 1. The van der Waals surface area contributed by atoms with Gasteiger partial charge in [0.1, 0.15) is 30.5 Å². The number of carbonyl (C=O) groups excluding carboxylic acids is 2. The van der Waals surface area contributed by atoms with Gasteiger partial charge in [0.15, 0.2) is 0 Å². The van der Waals surface area contributed by atoms with Crippen molar-refractivity contribution in [2.24, 2.45) is 5.92 Å². The van der Waals surface area contributed by atoms with Crippen molar-refractivity contribution in [1.82, 2.24) is 9.80 Å². The number of carbonyl (C=O) groups is 2. The van der Waals surface area contributed by atoms with Crippen molar-refractivity contribution in [2.45, 2.75) is 32.7 Å². The molecule has 1 aromatic heterocycles. The first-order valence-electron chi connectivity index (χ1n) is 12.1. The molecule has 0 bridgehead atoms. The summed E-state index contributed by atoms with van der Waals surface area (Å²) >= 11 is 1.65. The van der Waals surface area contributed by atoms with Crippen LogP contribution in [0.5, 0.6) is 5.75 Å². The fraction of sp³-hybridized carbons (Fsp3) is 0.357. The first-order valence-corrected chi connectivity index (χ1v) is 13.0. The first-order chi connectivity index (χ1) is 17.4. The minimum atomic E-state index is -0.491. The predicted molar refractivity (Wildman–Crippen MR) is 136 cm³/mol. The fourth-order valence-electron chi connectivity index (χ4n) is 4.36. The van der Waals surface area contributed by atoms with Crippen LogP contribution in [-0.2, 0) is 11.2 Å². The van der Waals surface area contributed by atoms with Crippen LogP contribution in [0.25, 0.3) is 0 Å². The van der Waals surface area contributed by atoms with E-state index in [4.69, 9.17) is 4.74 Å². The highest BCUT2D eigenvalue weighted by Crippen LogP contribution is 2.34. The van der Waals surface area contributed by atoms with Crippen LogP contribution in [0.3, 0.4) is 0 Å². The summed E-state index contributed by atoms with van der Waals surface area (Å²) in [6.07, 6.45) is 1.58. The Hall–Kier alpha value is -3.26. The summed E-state index contributed by atoms with van der Waals surface area (Å²) in [7, 11) is 0. The molecule has 5 nitrogen and oxygen atoms in total. The van der Waals surface area contributed by atoms with Crippen LogP contribution in [0.15, 0.2) is 60.0 Å². The van der Waals surface area contributed by atoms with E-state index in [2.05, 4.69) is 0 Å². The number of hydrogen-bond acceptors (Lipinski definition) is 4. The SMILES string of the molecule is CC[C@@H](C)CN(CC(=O)N1CCc2sccc2[C@H]1COc1ccc(F)cc1)C(=O)c1cccc(F)c1. The van der Waals surface area contributed by atoms with Gasteiger partial charge in [0.2, 0.25) is 5.91 Å². The van der Waals surface area contributed by atoms with Gasteiger partial charge in [0, 0.05) is 23.5 Å². The number of rotatable bonds is 9. The molecule has 0 saturated carbocycles. The fourth-order valence-corrected chi connectivity index (χ4v) is 5.29. The standard InChI is InChI=1S/C28H30F2N2O3S/c1-3-19(2)16-31(28(34)20-5-4-6-22(30)15-20)17-27(33)32-13-11-26-24(12-14-36-26)25(32)18-35-23-9-7-21(29)8-10-23/h4-10,12,14-15,19,25H,3,11,13,16-18H2,1-2H3/t19-,25-/m1/s1. The van der Waals surface area contributed by atoms with Crippen LogP contribution < -0.4 is 4.74 Å². The normalized spacial score (nSPS) is 15.8. The van der Waals surface area contributed by atoms with Crippen LogP contribution in [0.4, 0.5) is 8.78 Å². The van der Waals surface area contributed by atoms with Crippen LogP contribution in [0.2, 0.25) is 0 Å². The Morgan fingerprint density at radius 2 is 1.92 bits per heavy atom. The Kier molecular flexibility index (Phi) is 8.36. The van der Waals surface area contributed by atoms with E-state index in [0.717, 1.165) is 18.4 Å². The van der Waals surface area contributed by atoms with Gasteiger partial charge in [0.25, 0.3) is 5.91 Å². The molecule has 2 atom stereocenters. The van der Waals surface area contributed by atoms with Gasteiger partial charge in [-0.3, -0.25) is 9.59 Å². The highest BCUT2D eigenvalue weighted by Gasteiger charge is 2.34. The number of fused-ring (bicyclic) bond motifs is 1. The van der Waals surface area contributed by atoms with Gasteiger partial charge in [-0.25, -0.2) is 8.78 Å². The lowest BCUT2D eigenvalue weighted by atomic mass is 10.00. The maximum atomic E-state index is 13.8. The van der Waals surface area contributed by atoms with Crippen LogP contribution >= 0.6 is 11.3 Å². The summed E-state index contributed by atoms with van der Waals surface area (Å²) in [5.41, 5.74) is 1.26. The summed E-state index contributed by atoms with van der Waals surface area (Å²) in [4.78, 5) is 31.4. The summed E-state index contributed by atoms with van der Waals surface area (Å²) in [6, 6.07) is 13.0. The molecule has 0 fully saturated rings. The zero-order chi connectivity index (χ0) is 25.7. The molecule has 2 heterocycles. The van der Waals surface area contributed by atoms with Crippen LogP contribution in [0, 0.1) is 17.6 Å². The van der Waals surface area contributed by atoms with Crippen molar-refractivity contribution in [1.29, 1.82) is 0 Å². The molecule has 0 aliphatic carbocycles. The number of benzene rings is 2. The van der Waals surface area contributed by atoms with Gasteiger partial charge < -0.3 is 14.5 Å². The van der Waals surface area contributed by atoms with Crippen molar-refractivity contribution in [3.8, 4) is 5.75 Å². The molecule has 0 saturated heterocycles. The number of amides is 2. The Balaban J connectivity index is 1.54. The average Bonchev–Trinajstić information content (AvgIpc) is 3.36. The third-order valence-electron chi connectivity index (χ3n) is 6.55. The average molecular weight is 513 g/mol. The molecule has 190 valence electrons. The summed E-state index contributed by atoms with van der Waals surface area (Å²) in [5, 5.41) is 2.01. The molecule has 36 heavy (non-hydrogen) atoms. The maximum absolute atomic E-state index is 13.8. The van der Waals surface area contributed by atoms with Crippen molar-refractivity contribution in [3.63, 3.8) is 0 Å². The summed E-state index contributed by atoms with van der Waals surface area (Å²) in [5.74, 6) is -0.692. The minimum Gasteiger partial charge on any atom is -0.491 e. The third-order valence-corrected chi connectivity index (χ3v) is 7.55. The number of ether oxygens (including phenoxy) is 1.